The Bertz CT molecular complexity index is 1410. The summed E-state index contributed by atoms with van der Waals surface area (Å²) in [4.78, 5) is 19.6. The Hall–Kier alpha value is -4.18. The zero-order valence-corrected chi connectivity index (χ0v) is 16.0. The van der Waals surface area contributed by atoms with Crippen LogP contribution >= 0.6 is 0 Å². The summed E-state index contributed by atoms with van der Waals surface area (Å²) in [5, 5.41) is 2.07. The van der Waals surface area contributed by atoms with Crippen LogP contribution in [0.3, 0.4) is 0 Å². The van der Waals surface area contributed by atoms with E-state index in [1.807, 2.05) is 85.2 Å². The quantitative estimate of drug-likeness (QED) is 0.341. The number of rotatable bonds is 2. The van der Waals surface area contributed by atoms with Crippen LogP contribution in [0.4, 0.5) is 0 Å². The Morgan fingerprint density at radius 2 is 0.800 bits per heavy atom. The van der Waals surface area contributed by atoms with Crippen LogP contribution in [-0.4, -0.2) is 19.9 Å². The molecule has 6 aromatic rings. The van der Waals surface area contributed by atoms with Crippen molar-refractivity contribution in [2.75, 3.05) is 0 Å². The largest absolute Gasteiger partial charge is 0.252 e. The van der Waals surface area contributed by atoms with E-state index in [0.717, 1.165) is 55.4 Å². The average molecular weight is 384 g/mol. The second-order valence-corrected chi connectivity index (χ2v) is 7.18. The van der Waals surface area contributed by atoms with Gasteiger partial charge in [0.15, 0.2) is 0 Å². The monoisotopic (exact) mass is 384 g/mol. The van der Waals surface area contributed by atoms with Gasteiger partial charge in [0.1, 0.15) is 11.0 Å². The van der Waals surface area contributed by atoms with E-state index in [2.05, 4.69) is 12.1 Å². The van der Waals surface area contributed by atoms with Crippen LogP contribution in [0.1, 0.15) is 0 Å². The van der Waals surface area contributed by atoms with Gasteiger partial charge in [0.05, 0.1) is 34.8 Å². The van der Waals surface area contributed by atoms with Crippen molar-refractivity contribution in [3.05, 3.63) is 97.3 Å². The number of fused-ring (bicyclic) bond motifs is 6. The molecule has 4 nitrogen and oxygen atoms in total. The zero-order chi connectivity index (χ0) is 19.9. The van der Waals surface area contributed by atoms with E-state index in [0.29, 0.717) is 0 Å². The Morgan fingerprint density at radius 1 is 0.400 bits per heavy atom. The van der Waals surface area contributed by atoms with E-state index in [9.17, 15) is 0 Å². The normalized spacial score (nSPS) is 11.3. The maximum absolute atomic E-state index is 4.99. The lowest BCUT2D eigenvalue weighted by Gasteiger charge is -2.10. The summed E-state index contributed by atoms with van der Waals surface area (Å²) in [6, 6.07) is 28.4. The Labute approximate surface area is 172 Å². The van der Waals surface area contributed by atoms with E-state index in [-0.39, 0.29) is 0 Å². The molecule has 30 heavy (non-hydrogen) atoms. The van der Waals surface area contributed by atoms with Crippen molar-refractivity contribution in [1.82, 2.24) is 19.9 Å². The van der Waals surface area contributed by atoms with E-state index in [1.54, 1.807) is 0 Å². The topological polar surface area (TPSA) is 51.6 Å². The third-order valence-electron chi connectivity index (χ3n) is 5.35. The highest BCUT2D eigenvalue weighted by molar-refractivity contribution is 6.20. The second-order valence-electron chi connectivity index (χ2n) is 7.18. The molecule has 0 N–H and O–H groups in total. The van der Waals surface area contributed by atoms with Gasteiger partial charge in [-0.05, 0) is 0 Å². The van der Waals surface area contributed by atoms with Crippen LogP contribution in [0.25, 0.3) is 55.4 Å². The predicted molar refractivity (Wildman–Crippen MR) is 121 cm³/mol. The lowest BCUT2D eigenvalue weighted by atomic mass is 10.0. The number of hydrogen-bond donors (Lipinski definition) is 0. The molecule has 4 aromatic carbocycles. The molecule has 0 saturated heterocycles. The average Bonchev–Trinajstić information content (AvgIpc) is 2.84. The summed E-state index contributed by atoms with van der Waals surface area (Å²) in [6.07, 6.45) is 3.68. The van der Waals surface area contributed by atoms with Gasteiger partial charge in [-0.3, -0.25) is 9.97 Å². The molecule has 4 heteroatoms. The zero-order valence-electron chi connectivity index (χ0n) is 16.0. The van der Waals surface area contributed by atoms with Crippen LogP contribution < -0.4 is 0 Å². The first kappa shape index (κ1) is 16.7. The maximum atomic E-state index is 4.99. The van der Waals surface area contributed by atoms with Crippen LogP contribution in [0.15, 0.2) is 97.3 Å². The Balaban J connectivity index is 1.73. The van der Waals surface area contributed by atoms with Crippen LogP contribution in [0.5, 0.6) is 0 Å². The van der Waals surface area contributed by atoms with Crippen molar-refractivity contribution in [3.8, 4) is 22.5 Å². The summed E-state index contributed by atoms with van der Waals surface area (Å²) < 4.78 is 0. The fourth-order valence-electron chi connectivity index (χ4n) is 3.89. The Morgan fingerprint density at radius 3 is 1.23 bits per heavy atom. The maximum Gasteiger partial charge on any atom is 0.118 e. The summed E-state index contributed by atoms with van der Waals surface area (Å²) >= 11 is 0. The fourth-order valence-corrected chi connectivity index (χ4v) is 3.89. The third kappa shape index (κ3) is 2.62. The molecule has 2 aromatic heterocycles. The first-order valence-electron chi connectivity index (χ1n) is 9.83. The minimum Gasteiger partial charge on any atom is -0.252 e. The molecule has 0 atom stereocenters. The SMILES string of the molecule is c1ccc(-c2cnc3c4ccccc4c4ncc(-c5ccccc5)nc4c3n2)cc1. The molecular formula is C26H16N4. The second kappa shape index (κ2) is 6.71. The molecule has 0 saturated carbocycles. The van der Waals surface area contributed by atoms with Gasteiger partial charge in [0.25, 0.3) is 0 Å². The summed E-state index contributed by atoms with van der Waals surface area (Å²) in [5.74, 6) is 0. The first-order valence-corrected chi connectivity index (χ1v) is 9.83. The molecule has 140 valence electrons. The molecule has 0 aliphatic rings. The van der Waals surface area contributed by atoms with E-state index < -0.39 is 0 Å². The van der Waals surface area contributed by atoms with E-state index in [1.165, 1.54) is 0 Å². The molecule has 0 amide bonds. The summed E-state index contributed by atoms with van der Waals surface area (Å²) in [5.41, 5.74) is 6.94. The molecule has 0 aliphatic carbocycles. The lowest BCUT2D eigenvalue weighted by molar-refractivity contribution is 1.27. The van der Waals surface area contributed by atoms with Gasteiger partial charge >= 0.3 is 0 Å². The number of nitrogens with zero attached hydrogens (tertiary/aromatic N) is 4. The standard InChI is InChI=1S/C26H16N4/c1-3-9-17(10-4-1)21-15-27-23-19-13-7-8-14-20(19)24-26(25(23)29-21)30-22(16-28-24)18-11-5-2-6-12-18/h1-16H. The molecule has 0 aliphatic heterocycles. The highest BCUT2D eigenvalue weighted by atomic mass is 14.9. The summed E-state index contributed by atoms with van der Waals surface area (Å²) in [7, 11) is 0. The number of benzene rings is 4. The smallest absolute Gasteiger partial charge is 0.118 e. The number of aromatic nitrogens is 4. The first-order chi connectivity index (χ1) is 14.9. The van der Waals surface area contributed by atoms with Gasteiger partial charge in [0.2, 0.25) is 0 Å². The van der Waals surface area contributed by atoms with Crippen molar-refractivity contribution in [3.63, 3.8) is 0 Å². The van der Waals surface area contributed by atoms with Crippen molar-refractivity contribution in [2.24, 2.45) is 0 Å². The van der Waals surface area contributed by atoms with Gasteiger partial charge in [-0.1, -0.05) is 84.9 Å². The van der Waals surface area contributed by atoms with Gasteiger partial charge in [-0.15, -0.1) is 0 Å². The fraction of sp³-hybridized carbons (Fsp3) is 0. The molecular weight excluding hydrogens is 368 g/mol. The molecule has 2 heterocycles. The van der Waals surface area contributed by atoms with Crippen LogP contribution in [-0.2, 0) is 0 Å². The summed E-state index contributed by atoms with van der Waals surface area (Å²) in [6.45, 7) is 0. The number of hydrogen-bond acceptors (Lipinski definition) is 4. The molecule has 0 bridgehead atoms. The van der Waals surface area contributed by atoms with Crippen molar-refractivity contribution < 1.29 is 0 Å². The minimum atomic E-state index is 0.773. The van der Waals surface area contributed by atoms with E-state index >= 15 is 0 Å². The lowest BCUT2D eigenvalue weighted by Crippen LogP contribution is -1.96. The van der Waals surface area contributed by atoms with Crippen LogP contribution in [0, 0.1) is 0 Å². The van der Waals surface area contributed by atoms with Crippen molar-refractivity contribution >= 4 is 32.8 Å². The molecule has 0 spiro atoms. The Kier molecular flexibility index (Phi) is 3.74. The van der Waals surface area contributed by atoms with Crippen molar-refractivity contribution in [2.45, 2.75) is 0 Å². The molecule has 0 radical (unpaired) electrons. The molecule has 0 fully saturated rings. The van der Waals surface area contributed by atoms with Crippen LogP contribution in [0.2, 0.25) is 0 Å². The van der Waals surface area contributed by atoms with Gasteiger partial charge < -0.3 is 0 Å². The van der Waals surface area contributed by atoms with Gasteiger partial charge in [-0.25, -0.2) is 9.97 Å². The highest BCUT2D eigenvalue weighted by Crippen LogP contribution is 2.33. The molecule has 0 unspecified atom stereocenters. The highest BCUT2D eigenvalue weighted by Gasteiger charge is 2.15. The minimum absolute atomic E-state index is 0.773. The predicted octanol–water partition coefficient (Wildman–Crippen LogP) is 6.06. The van der Waals surface area contributed by atoms with Crippen molar-refractivity contribution in [1.29, 1.82) is 0 Å². The molecule has 6 rings (SSSR count). The van der Waals surface area contributed by atoms with E-state index in [4.69, 9.17) is 19.9 Å². The van der Waals surface area contributed by atoms with Gasteiger partial charge in [-0.2, -0.15) is 0 Å². The van der Waals surface area contributed by atoms with Gasteiger partial charge in [0, 0.05) is 21.9 Å². The third-order valence-corrected chi connectivity index (χ3v) is 5.35.